The van der Waals surface area contributed by atoms with E-state index in [1.54, 1.807) is 31.5 Å². The Morgan fingerprint density at radius 2 is 2.03 bits per heavy atom. The number of anilines is 1. The van der Waals surface area contributed by atoms with Gasteiger partial charge in [-0.15, -0.1) is 0 Å². The number of primary amides is 1. The summed E-state index contributed by atoms with van der Waals surface area (Å²) in [6, 6.07) is 5.33. The van der Waals surface area contributed by atoms with Crippen LogP contribution in [0.5, 0.6) is 0 Å². The molecule has 0 saturated carbocycles. The van der Waals surface area contributed by atoms with Crippen molar-refractivity contribution in [1.82, 2.24) is 14.3 Å². The van der Waals surface area contributed by atoms with Crippen molar-refractivity contribution in [1.29, 1.82) is 0 Å². The van der Waals surface area contributed by atoms with Gasteiger partial charge in [-0.2, -0.15) is 0 Å². The summed E-state index contributed by atoms with van der Waals surface area (Å²) in [6.07, 6.45) is 4.42. The van der Waals surface area contributed by atoms with Crippen molar-refractivity contribution < 1.29 is 9.59 Å². The predicted molar refractivity (Wildman–Crippen MR) is 117 cm³/mol. The molecule has 2 amide bonds. The Morgan fingerprint density at radius 1 is 1.31 bits per heavy atom. The van der Waals surface area contributed by atoms with Crippen LogP contribution in [-0.4, -0.2) is 50.6 Å². The van der Waals surface area contributed by atoms with Gasteiger partial charge in [-0.25, -0.2) is 4.98 Å². The molecule has 4 heterocycles. The summed E-state index contributed by atoms with van der Waals surface area (Å²) >= 11 is 6.36. The molecule has 0 atom stereocenters. The highest BCUT2D eigenvalue weighted by molar-refractivity contribution is 8.26. The number of pyridine rings is 1. The lowest BCUT2D eigenvalue weighted by Crippen LogP contribution is -2.40. The Balaban J connectivity index is 1.82. The van der Waals surface area contributed by atoms with E-state index in [-0.39, 0.29) is 23.3 Å². The van der Waals surface area contributed by atoms with E-state index in [0.717, 1.165) is 11.8 Å². The molecule has 0 unspecified atom stereocenters. The fourth-order valence-corrected chi connectivity index (χ4v) is 4.67. The highest BCUT2D eigenvalue weighted by Crippen LogP contribution is 2.33. The largest absolute Gasteiger partial charge is 0.369 e. The average molecular weight is 430 g/mol. The van der Waals surface area contributed by atoms with Gasteiger partial charge in [-0.1, -0.05) is 30.0 Å². The summed E-state index contributed by atoms with van der Waals surface area (Å²) in [4.78, 5) is 45.6. The van der Waals surface area contributed by atoms with Gasteiger partial charge in [0.25, 0.3) is 11.5 Å². The zero-order chi connectivity index (χ0) is 20.7. The minimum Gasteiger partial charge on any atom is -0.369 e. The Kier molecular flexibility index (Phi) is 5.13. The van der Waals surface area contributed by atoms with E-state index in [1.165, 1.54) is 9.30 Å². The molecule has 2 aliphatic heterocycles. The van der Waals surface area contributed by atoms with Gasteiger partial charge in [0.05, 0.1) is 10.5 Å². The lowest BCUT2D eigenvalue weighted by Gasteiger charge is -2.32. The number of thioether (sulfide) groups is 1. The van der Waals surface area contributed by atoms with Crippen LogP contribution in [0.25, 0.3) is 11.7 Å². The molecule has 2 aromatic heterocycles. The Bertz CT molecular complexity index is 1120. The fraction of sp³-hybridized carbons (Fsp3) is 0.316. The normalized spacial score (nSPS) is 19.6. The van der Waals surface area contributed by atoms with Gasteiger partial charge in [-0.3, -0.25) is 23.7 Å². The molecule has 0 radical (unpaired) electrons. The van der Waals surface area contributed by atoms with Crippen molar-refractivity contribution in [2.45, 2.75) is 12.8 Å². The van der Waals surface area contributed by atoms with E-state index < -0.39 is 0 Å². The van der Waals surface area contributed by atoms with Crippen LogP contribution in [0, 0.1) is 5.92 Å². The number of carbonyl (C=O) groups is 2. The molecule has 150 valence electrons. The number of nitrogens with two attached hydrogens (primary N) is 1. The SMILES string of the molecule is CN1C(=O)/C(=C/c2c(N3CCC(C(N)=O)CC3)nc3ccccn3c2=O)SC1=S. The second-order valence-corrected chi connectivity index (χ2v) is 8.66. The van der Waals surface area contributed by atoms with Crippen molar-refractivity contribution >= 4 is 57.7 Å². The number of likely N-dealkylation sites (N-methyl/N-ethyl adjacent to an activating group) is 1. The molecule has 8 nitrogen and oxygen atoms in total. The molecule has 2 aromatic rings. The molecular formula is C19H19N5O3S2. The van der Waals surface area contributed by atoms with Gasteiger partial charge < -0.3 is 10.6 Å². The molecule has 0 bridgehead atoms. The molecular weight excluding hydrogens is 410 g/mol. The monoisotopic (exact) mass is 429 g/mol. The number of thiocarbonyl (C=S) groups is 1. The molecule has 0 aliphatic carbocycles. The van der Waals surface area contributed by atoms with Crippen LogP contribution >= 0.6 is 24.0 Å². The number of nitrogens with zero attached hydrogens (tertiary/aromatic N) is 4. The number of amides is 2. The lowest BCUT2D eigenvalue weighted by atomic mass is 9.96. The molecule has 2 aliphatic rings. The summed E-state index contributed by atoms with van der Waals surface area (Å²) in [5, 5.41) is 0. The van der Waals surface area contributed by atoms with E-state index in [2.05, 4.69) is 0 Å². The minimum absolute atomic E-state index is 0.174. The highest BCUT2D eigenvalue weighted by Gasteiger charge is 2.31. The summed E-state index contributed by atoms with van der Waals surface area (Å²) < 4.78 is 1.90. The standard InChI is InChI=1S/C19H19N5O3S2/c1-22-18(27)13(29-19(22)28)10-12-16(23-8-5-11(6-9-23)15(20)25)21-14-4-2-3-7-24(14)17(12)26/h2-4,7,10-11H,5-6,8-9H2,1H3,(H2,20,25)/b13-10-. The summed E-state index contributed by atoms with van der Waals surface area (Å²) in [5.41, 5.74) is 6.03. The first-order valence-electron chi connectivity index (χ1n) is 9.14. The van der Waals surface area contributed by atoms with Crippen molar-refractivity contribution in [2.24, 2.45) is 11.7 Å². The maximum atomic E-state index is 13.2. The third-order valence-electron chi connectivity index (χ3n) is 5.21. The average Bonchev–Trinajstić information content (AvgIpc) is 2.96. The number of hydrogen-bond acceptors (Lipinski definition) is 7. The van der Waals surface area contributed by atoms with Crippen molar-refractivity contribution in [2.75, 3.05) is 25.0 Å². The van der Waals surface area contributed by atoms with Crippen molar-refractivity contribution in [3.63, 3.8) is 0 Å². The van der Waals surface area contributed by atoms with Crippen LogP contribution in [-0.2, 0) is 9.59 Å². The van der Waals surface area contributed by atoms with E-state index in [1.807, 2.05) is 11.0 Å². The molecule has 2 N–H and O–H groups in total. The summed E-state index contributed by atoms with van der Waals surface area (Å²) in [6.45, 7) is 1.11. The molecule has 2 saturated heterocycles. The zero-order valence-corrected chi connectivity index (χ0v) is 17.3. The van der Waals surface area contributed by atoms with Gasteiger partial charge in [0, 0.05) is 32.3 Å². The molecule has 29 heavy (non-hydrogen) atoms. The summed E-state index contributed by atoms with van der Waals surface area (Å²) in [5.74, 6) is -0.211. The summed E-state index contributed by atoms with van der Waals surface area (Å²) in [7, 11) is 1.61. The number of fused-ring (bicyclic) bond motifs is 1. The maximum Gasteiger partial charge on any atom is 0.267 e. The van der Waals surface area contributed by atoms with Crippen molar-refractivity contribution in [3.05, 3.63) is 45.2 Å². The number of piperidine rings is 1. The maximum absolute atomic E-state index is 13.2. The van der Waals surface area contributed by atoms with E-state index in [4.69, 9.17) is 22.9 Å². The Morgan fingerprint density at radius 3 is 2.66 bits per heavy atom. The van der Waals surface area contributed by atoms with Gasteiger partial charge >= 0.3 is 0 Å². The third-order valence-corrected chi connectivity index (χ3v) is 6.69. The predicted octanol–water partition coefficient (Wildman–Crippen LogP) is 1.23. The van der Waals surface area contributed by atoms with Gasteiger partial charge in [0.1, 0.15) is 15.8 Å². The van der Waals surface area contributed by atoms with E-state index >= 15 is 0 Å². The first-order valence-corrected chi connectivity index (χ1v) is 10.4. The topological polar surface area (TPSA) is 101 Å². The second-order valence-electron chi connectivity index (χ2n) is 6.99. The number of hydrogen-bond donors (Lipinski definition) is 1. The van der Waals surface area contributed by atoms with Crippen LogP contribution in [0.3, 0.4) is 0 Å². The fourth-order valence-electron chi connectivity index (χ4n) is 3.51. The minimum atomic E-state index is -0.303. The zero-order valence-electron chi connectivity index (χ0n) is 15.7. The van der Waals surface area contributed by atoms with Crippen LogP contribution in [0.1, 0.15) is 18.4 Å². The highest BCUT2D eigenvalue weighted by atomic mass is 32.2. The number of aromatic nitrogens is 2. The van der Waals surface area contributed by atoms with Gasteiger partial charge in [0.2, 0.25) is 5.91 Å². The van der Waals surface area contributed by atoms with E-state index in [9.17, 15) is 14.4 Å². The van der Waals surface area contributed by atoms with Gasteiger partial charge in [-0.05, 0) is 31.1 Å². The molecule has 4 rings (SSSR count). The third kappa shape index (κ3) is 3.53. The van der Waals surface area contributed by atoms with Crippen molar-refractivity contribution in [3.8, 4) is 0 Å². The Hall–Kier alpha value is -2.72. The molecule has 2 fully saturated rings. The second kappa shape index (κ2) is 7.60. The lowest BCUT2D eigenvalue weighted by molar-refractivity contribution is -0.122. The quantitative estimate of drug-likeness (QED) is 0.578. The smallest absolute Gasteiger partial charge is 0.267 e. The molecule has 0 aromatic carbocycles. The van der Waals surface area contributed by atoms with Gasteiger partial charge in [0.15, 0.2) is 0 Å². The molecule has 10 heteroatoms. The van der Waals surface area contributed by atoms with E-state index in [0.29, 0.717) is 52.2 Å². The number of carbonyl (C=O) groups excluding carboxylic acids is 2. The van der Waals surface area contributed by atoms with Crippen LogP contribution in [0.4, 0.5) is 5.82 Å². The van der Waals surface area contributed by atoms with Crippen LogP contribution in [0.2, 0.25) is 0 Å². The first-order chi connectivity index (χ1) is 13.9. The van der Waals surface area contributed by atoms with Crippen LogP contribution in [0.15, 0.2) is 34.1 Å². The number of rotatable bonds is 3. The Labute approximate surface area is 176 Å². The first kappa shape index (κ1) is 19.6. The van der Waals surface area contributed by atoms with Crippen LogP contribution < -0.4 is 16.2 Å². The molecule has 0 spiro atoms.